The van der Waals surface area contributed by atoms with Crippen molar-refractivity contribution in [1.82, 2.24) is 34.1 Å². The number of fused-ring (bicyclic) bond motifs is 3. The van der Waals surface area contributed by atoms with E-state index in [0.29, 0.717) is 33.6 Å². The molecule has 0 aliphatic carbocycles. The monoisotopic (exact) mass is 580 g/mol. The van der Waals surface area contributed by atoms with Crippen LogP contribution >= 0.6 is 11.3 Å². The van der Waals surface area contributed by atoms with Gasteiger partial charge in [0.1, 0.15) is 23.8 Å². The van der Waals surface area contributed by atoms with E-state index in [9.17, 15) is 14.4 Å². The Bertz CT molecular complexity index is 1800. The third-order valence-corrected chi connectivity index (χ3v) is 8.95. The van der Waals surface area contributed by atoms with Gasteiger partial charge in [0, 0.05) is 33.3 Å². The number of carbonyl (C=O) groups excluding carboxylic acids is 1. The first-order chi connectivity index (χ1) is 19.0. The highest BCUT2D eigenvalue weighted by Gasteiger charge is 2.23. The number of ketones is 1. The Labute approximate surface area is 233 Å². The minimum absolute atomic E-state index is 0.0461. The van der Waals surface area contributed by atoms with Gasteiger partial charge in [-0.2, -0.15) is 10.2 Å². The molecule has 2 N–H and O–H groups in total. The Morgan fingerprint density at radius 1 is 1.18 bits per heavy atom. The average molecular weight is 581 g/mol. The number of ether oxygens (including phenoxy) is 1. The third kappa shape index (κ3) is 5.71. The zero-order valence-corrected chi connectivity index (χ0v) is 24.2. The lowest BCUT2D eigenvalue weighted by Crippen LogP contribution is -2.25. The number of thiazole rings is 1. The van der Waals surface area contributed by atoms with E-state index >= 15 is 0 Å². The molecule has 5 heterocycles. The van der Waals surface area contributed by atoms with Crippen molar-refractivity contribution in [2.24, 2.45) is 7.05 Å². The van der Waals surface area contributed by atoms with Crippen molar-refractivity contribution >= 4 is 58.4 Å². The zero-order chi connectivity index (χ0) is 28.6. The minimum atomic E-state index is -1.23. The molecule has 208 valence electrons. The Morgan fingerprint density at radius 3 is 2.73 bits per heavy atom. The molecule has 0 saturated heterocycles. The normalized spacial score (nSPS) is 11.9. The molecule has 13 nitrogen and oxygen atoms in total. The molecule has 0 atom stereocenters. The molecule has 0 saturated carbocycles. The number of carbonyl (C=O) groups is 2. The van der Waals surface area contributed by atoms with Gasteiger partial charge in [-0.05, 0) is 24.2 Å². The fourth-order valence-corrected chi connectivity index (χ4v) is 5.91. The predicted octanol–water partition coefficient (Wildman–Crippen LogP) is 3.62. The fraction of sp³-hybridized carbons (Fsp3) is 0.320. The van der Waals surface area contributed by atoms with Crippen LogP contribution < -0.4 is 10.9 Å². The number of pyridine rings is 1. The van der Waals surface area contributed by atoms with Gasteiger partial charge in [0.2, 0.25) is 5.78 Å². The first-order valence-electron chi connectivity index (χ1n) is 12.5. The molecule has 0 aromatic carbocycles. The number of nitrogens with one attached hydrogen (secondary N) is 1. The van der Waals surface area contributed by atoms with Gasteiger partial charge in [-0.1, -0.05) is 25.7 Å². The van der Waals surface area contributed by atoms with Crippen LogP contribution in [0.1, 0.15) is 21.2 Å². The summed E-state index contributed by atoms with van der Waals surface area (Å²) in [6.07, 6.45) is 2.04. The number of amides is 1. The number of carboxylic acid groups (broad SMARTS) is 1. The van der Waals surface area contributed by atoms with Gasteiger partial charge < -0.3 is 14.4 Å². The molecule has 0 bridgehead atoms. The van der Waals surface area contributed by atoms with E-state index in [0.717, 1.165) is 6.04 Å². The molecular formula is C25H28N8O5SSi. The highest BCUT2D eigenvalue weighted by atomic mass is 32.1. The molecule has 15 heteroatoms. The van der Waals surface area contributed by atoms with Crippen LogP contribution in [0.3, 0.4) is 0 Å². The zero-order valence-electron chi connectivity index (χ0n) is 22.4. The molecule has 0 radical (unpaired) electrons. The van der Waals surface area contributed by atoms with Gasteiger partial charge in [0.25, 0.3) is 5.56 Å². The van der Waals surface area contributed by atoms with E-state index in [1.165, 1.54) is 22.1 Å². The highest BCUT2D eigenvalue weighted by Crippen LogP contribution is 2.31. The van der Waals surface area contributed by atoms with Crippen molar-refractivity contribution in [3.8, 4) is 0 Å². The number of anilines is 1. The second-order valence-electron chi connectivity index (χ2n) is 10.5. The van der Waals surface area contributed by atoms with Gasteiger partial charge in [-0.15, -0.1) is 11.3 Å². The van der Waals surface area contributed by atoms with Crippen LogP contribution in [0.4, 0.5) is 10.6 Å². The first kappa shape index (κ1) is 27.4. The molecule has 5 rings (SSSR count). The molecule has 1 amide bonds. The van der Waals surface area contributed by atoms with Crippen molar-refractivity contribution in [2.75, 3.05) is 11.9 Å². The van der Waals surface area contributed by atoms with E-state index in [2.05, 4.69) is 45.1 Å². The van der Waals surface area contributed by atoms with Gasteiger partial charge in [0.15, 0.2) is 10.7 Å². The van der Waals surface area contributed by atoms with Crippen LogP contribution in [0, 0.1) is 0 Å². The maximum atomic E-state index is 13.3. The van der Waals surface area contributed by atoms with E-state index in [1.807, 2.05) is 0 Å². The quantitative estimate of drug-likeness (QED) is 0.143. The second-order valence-corrected chi connectivity index (χ2v) is 17.1. The molecule has 5 aromatic heterocycles. The predicted molar refractivity (Wildman–Crippen MR) is 153 cm³/mol. The summed E-state index contributed by atoms with van der Waals surface area (Å²) < 4.78 is 10.9. The molecular weight excluding hydrogens is 552 g/mol. The Hall–Kier alpha value is -4.21. The van der Waals surface area contributed by atoms with E-state index in [1.54, 1.807) is 46.9 Å². The van der Waals surface area contributed by atoms with Crippen LogP contribution in [0.25, 0.3) is 21.3 Å². The van der Waals surface area contributed by atoms with Gasteiger partial charge in [0.05, 0.1) is 23.1 Å². The van der Waals surface area contributed by atoms with Crippen molar-refractivity contribution in [3.63, 3.8) is 0 Å². The largest absolute Gasteiger partial charge is 0.465 e. The molecule has 0 fully saturated rings. The maximum absolute atomic E-state index is 13.3. The highest BCUT2D eigenvalue weighted by molar-refractivity contribution is 7.21. The molecule has 40 heavy (non-hydrogen) atoms. The van der Waals surface area contributed by atoms with Crippen LogP contribution in [0.5, 0.6) is 0 Å². The topological polar surface area (TPSA) is 159 Å². The smallest absolute Gasteiger partial charge is 0.410 e. The summed E-state index contributed by atoms with van der Waals surface area (Å²) in [4.78, 5) is 46.1. The number of hydrogen-bond donors (Lipinski definition) is 2. The molecule has 0 aliphatic rings. The van der Waals surface area contributed by atoms with Crippen LogP contribution in [0.2, 0.25) is 25.7 Å². The number of aromatic nitrogens is 7. The van der Waals surface area contributed by atoms with Crippen molar-refractivity contribution in [3.05, 3.63) is 63.4 Å². The van der Waals surface area contributed by atoms with E-state index in [4.69, 9.17) is 9.84 Å². The summed E-state index contributed by atoms with van der Waals surface area (Å²) in [6.45, 7) is 7.84. The van der Waals surface area contributed by atoms with Crippen molar-refractivity contribution < 1.29 is 19.4 Å². The lowest BCUT2D eigenvalue weighted by molar-refractivity contribution is 0.0780. The van der Waals surface area contributed by atoms with Crippen molar-refractivity contribution in [1.29, 1.82) is 0 Å². The summed E-state index contributed by atoms with van der Waals surface area (Å²) >= 11 is 1.19. The maximum Gasteiger partial charge on any atom is 0.410 e. The number of aryl methyl sites for hydroxylation is 1. The summed E-state index contributed by atoms with van der Waals surface area (Å²) in [6, 6.07) is 7.52. The Balaban J connectivity index is 1.36. The number of rotatable bonds is 10. The number of hydrogen-bond acceptors (Lipinski definition) is 9. The average Bonchev–Trinajstić information content (AvgIpc) is 3.59. The Kier molecular flexibility index (Phi) is 7.35. The molecule has 0 spiro atoms. The molecule has 5 aromatic rings. The molecule has 0 aliphatic heterocycles. The van der Waals surface area contributed by atoms with Gasteiger partial charge in [-0.3, -0.25) is 14.9 Å². The van der Waals surface area contributed by atoms with Crippen LogP contribution in [-0.2, 0) is 25.1 Å². The summed E-state index contributed by atoms with van der Waals surface area (Å²) in [5, 5.41) is 20.6. The van der Waals surface area contributed by atoms with Crippen LogP contribution in [0.15, 0.2) is 41.5 Å². The van der Waals surface area contributed by atoms with Crippen molar-refractivity contribution in [2.45, 2.75) is 39.0 Å². The summed E-state index contributed by atoms with van der Waals surface area (Å²) in [5.74, 6) is -0.156. The summed E-state index contributed by atoms with van der Waals surface area (Å²) in [7, 11) is 0.531. The number of nitrogens with zero attached hydrogens (tertiary/aromatic N) is 7. The standard InChI is InChI=1S/C25H28N8O5SSi/c1-31-19-16(12-26-33(24(19)35)13-15-6-5-7-18(27-15)28-25(36)37)21-22(31)29-23(39-21)20(34)17-8-9-32(30-17)14-38-10-11-40(2,3)4/h5-9,12H,10-11,13-14H2,1-4H3,(H,27,28)(H,36,37). The van der Waals surface area contributed by atoms with E-state index < -0.39 is 14.2 Å². The fourth-order valence-electron chi connectivity index (χ4n) is 4.10. The van der Waals surface area contributed by atoms with Crippen LogP contribution in [-0.4, -0.2) is 65.8 Å². The lowest BCUT2D eigenvalue weighted by Gasteiger charge is -2.15. The first-order valence-corrected chi connectivity index (χ1v) is 17.0. The molecule has 0 unspecified atom stereocenters. The summed E-state index contributed by atoms with van der Waals surface area (Å²) in [5.41, 5.74) is 1.26. The SMILES string of the molecule is Cn1c2nc(C(=O)c3ccn(COCC[Si](C)(C)C)n3)sc2c2cnn(Cc3cccc(NC(=O)O)n3)c(=O)c21. The third-order valence-electron chi connectivity index (χ3n) is 6.17. The second kappa shape index (κ2) is 10.7. The lowest BCUT2D eigenvalue weighted by atomic mass is 10.3. The Morgan fingerprint density at radius 2 is 1.98 bits per heavy atom. The minimum Gasteiger partial charge on any atom is -0.465 e. The van der Waals surface area contributed by atoms with Gasteiger partial charge >= 0.3 is 6.09 Å². The van der Waals surface area contributed by atoms with Gasteiger partial charge in [-0.25, -0.2) is 24.1 Å². The van der Waals surface area contributed by atoms with E-state index in [-0.39, 0.29) is 41.1 Å².